The molecular weight excluding hydrogens is 128 g/mol. The van der Waals surface area contributed by atoms with Gasteiger partial charge in [0.2, 0.25) is 0 Å². The third kappa shape index (κ3) is 1.28. The van der Waals surface area contributed by atoms with E-state index in [1.54, 1.807) is 12.1 Å². The van der Waals surface area contributed by atoms with Crippen LogP contribution in [0.5, 0.6) is 0 Å². The number of nitrogens with zero attached hydrogens (tertiary/aromatic N) is 2. The van der Waals surface area contributed by atoms with Gasteiger partial charge in [0.15, 0.2) is 0 Å². The number of nitrogens with two attached hydrogens (primary N) is 1. The number of hydrogen-bond acceptors (Lipinski definition) is 3. The van der Waals surface area contributed by atoms with Crippen LogP contribution in [0.15, 0.2) is 12.1 Å². The highest BCUT2D eigenvalue weighted by Gasteiger charge is 1.95. The molecule has 0 amide bonds. The lowest BCUT2D eigenvalue weighted by Crippen LogP contribution is -2.13. The van der Waals surface area contributed by atoms with Gasteiger partial charge in [-0.1, -0.05) is 0 Å². The number of nitrogens with one attached hydrogen (secondary N) is 1. The minimum absolute atomic E-state index is 0.0486. The Balaban J connectivity index is 3.00. The molecular formula is C6H8N4. The van der Waals surface area contributed by atoms with Crippen LogP contribution in [-0.2, 0) is 0 Å². The first-order chi connectivity index (χ1) is 4.70. The van der Waals surface area contributed by atoms with Crippen LogP contribution >= 0.6 is 0 Å². The molecule has 0 saturated carbocycles. The van der Waals surface area contributed by atoms with Crippen molar-refractivity contribution in [3.8, 4) is 0 Å². The van der Waals surface area contributed by atoms with Gasteiger partial charge in [-0.15, -0.1) is 5.10 Å². The van der Waals surface area contributed by atoms with Crippen molar-refractivity contribution < 1.29 is 0 Å². The molecule has 0 unspecified atom stereocenters. The van der Waals surface area contributed by atoms with Crippen molar-refractivity contribution in [2.24, 2.45) is 5.73 Å². The molecule has 1 aromatic heterocycles. The summed E-state index contributed by atoms with van der Waals surface area (Å²) in [7, 11) is 0. The smallest absolute Gasteiger partial charge is 0.143 e. The van der Waals surface area contributed by atoms with Gasteiger partial charge in [0.25, 0.3) is 0 Å². The molecule has 0 atom stereocenters. The molecule has 0 saturated heterocycles. The van der Waals surface area contributed by atoms with E-state index in [2.05, 4.69) is 10.2 Å². The number of hydrogen-bond donors (Lipinski definition) is 2. The lowest BCUT2D eigenvalue weighted by Gasteiger charge is -1.93. The molecule has 0 radical (unpaired) electrons. The van der Waals surface area contributed by atoms with Crippen LogP contribution in [0.25, 0.3) is 0 Å². The third-order valence-corrected chi connectivity index (χ3v) is 1.07. The molecule has 1 heterocycles. The average molecular weight is 136 g/mol. The fourth-order valence-corrected chi connectivity index (χ4v) is 0.543. The van der Waals surface area contributed by atoms with Crippen molar-refractivity contribution in [3.05, 3.63) is 23.5 Å². The van der Waals surface area contributed by atoms with Crippen molar-refractivity contribution >= 4 is 5.84 Å². The molecule has 0 bridgehead atoms. The first-order valence-electron chi connectivity index (χ1n) is 2.85. The zero-order chi connectivity index (χ0) is 7.56. The van der Waals surface area contributed by atoms with Crippen molar-refractivity contribution in [1.29, 1.82) is 5.41 Å². The van der Waals surface area contributed by atoms with Gasteiger partial charge < -0.3 is 5.73 Å². The Bertz CT molecular complexity index is 238. The maximum Gasteiger partial charge on any atom is 0.143 e. The van der Waals surface area contributed by atoms with Crippen molar-refractivity contribution in [2.75, 3.05) is 0 Å². The standard InChI is InChI=1S/C6H8N4/c1-4-2-3-5(6(7)8)10-9-4/h2-3H,1H3,(H3,7,8). The van der Waals surface area contributed by atoms with Crippen LogP contribution in [0.2, 0.25) is 0 Å². The van der Waals surface area contributed by atoms with Crippen LogP contribution < -0.4 is 5.73 Å². The first kappa shape index (κ1) is 6.67. The van der Waals surface area contributed by atoms with E-state index >= 15 is 0 Å². The summed E-state index contributed by atoms with van der Waals surface area (Å²) in [4.78, 5) is 0. The Labute approximate surface area is 58.6 Å². The predicted molar refractivity (Wildman–Crippen MR) is 37.8 cm³/mol. The molecule has 1 aromatic rings. The van der Waals surface area contributed by atoms with Crippen molar-refractivity contribution in [2.45, 2.75) is 6.92 Å². The summed E-state index contributed by atoms with van der Waals surface area (Å²) in [5.74, 6) is -0.0486. The highest BCUT2D eigenvalue weighted by atomic mass is 15.1. The lowest BCUT2D eigenvalue weighted by molar-refractivity contribution is 0.965. The quantitative estimate of drug-likeness (QED) is 0.423. The van der Waals surface area contributed by atoms with E-state index in [0.29, 0.717) is 5.69 Å². The molecule has 0 fully saturated rings. The van der Waals surface area contributed by atoms with Gasteiger partial charge in [-0.2, -0.15) is 5.10 Å². The molecule has 0 aliphatic rings. The van der Waals surface area contributed by atoms with E-state index in [9.17, 15) is 0 Å². The molecule has 52 valence electrons. The average Bonchev–Trinajstić information content (AvgIpc) is 1.88. The van der Waals surface area contributed by atoms with Gasteiger partial charge in [-0.3, -0.25) is 5.41 Å². The van der Waals surface area contributed by atoms with Crippen LogP contribution in [0.4, 0.5) is 0 Å². The third-order valence-electron chi connectivity index (χ3n) is 1.07. The summed E-state index contributed by atoms with van der Waals surface area (Å²) in [6, 6.07) is 3.44. The lowest BCUT2D eigenvalue weighted by atomic mass is 10.3. The monoisotopic (exact) mass is 136 g/mol. The molecule has 3 N–H and O–H groups in total. The maximum absolute atomic E-state index is 6.98. The normalized spacial score (nSPS) is 9.30. The number of amidine groups is 1. The van der Waals surface area contributed by atoms with Crippen molar-refractivity contribution in [3.63, 3.8) is 0 Å². The Kier molecular flexibility index (Phi) is 1.62. The maximum atomic E-state index is 6.98. The summed E-state index contributed by atoms with van der Waals surface area (Å²) in [6.45, 7) is 1.83. The zero-order valence-electron chi connectivity index (χ0n) is 5.63. The minimum Gasteiger partial charge on any atom is -0.382 e. The van der Waals surface area contributed by atoms with Gasteiger partial charge in [-0.25, -0.2) is 0 Å². The molecule has 10 heavy (non-hydrogen) atoms. The van der Waals surface area contributed by atoms with Crippen LogP contribution in [0, 0.1) is 12.3 Å². The van der Waals surface area contributed by atoms with Gasteiger partial charge in [-0.05, 0) is 19.1 Å². The van der Waals surface area contributed by atoms with E-state index in [1.165, 1.54) is 0 Å². The number of rotatable bonds is 1. The van der Waals surface area contributed by atoms with E-state index in [0.717, 1.165) is 5.69 Å². The van der Waals surface area contributed by atoms with E-state index in [4.69, 9.17) is 11.1 Å². The molecule has 4 nitrogen and oxygen atoms in total. The van der Waals surface area contributed by atoms with E-state index in [1.807, 2.05) is 6.92 Å². The first-order valence-corrected chi connectivity index (χ1v) is 2.85. The molecule has 1 rings (SSSR count). The van der Waals surface area contributed by atoms with Crippen LogP contribution in [0.3, 0.4) is 0 Å². The fourth-order valence-electron chi connectivity index (χ4n) is 0.543. The van der Waals surface area contributed by atoms with Gasteiger partial charge in [0.1, 0.15) is 11.5 Å². The van der Waals surface area contributed by atoms with Gasteiger partial charge in [0, 0.05) is 0 Å². The summed E-state index contributed by atoms with van der Waals surface area (Å²) in [6.07, 6.45) is 0. The number of nitrogen functional groups attached to an aromatic ring is 1. The minimum atomic E-state index is -0.0486. The van der Waals surface area contributed by atoms with Crippen LogP contribution in [0.1, 0.15) is 11.4 Å². The second kappa shape index (κ2) is 2.43. The fraction of sp³-hybridized carbons (Fsp3) is 0.167. The summed E-state index contributed by atoms with van der Waals surface area (Å²) >= 11 is 0. The number of aryl methyl sites for hydroxylation is 1. The molecule has 0 aromatic carbocycles. The highest BCUT2D eigenvalue weighted by molar-refractivity contribution is 5.92. The molecule has 0 spiro atoms. The van der Waals surface area contributed by atoms with Crippen molar-refractivity contribution in [1.82, 2.24) is 10.2 Å². The molecule has 4 heteroatoms. The Morgan fingerprint density at radius 2 is 2.20 bits per heavy atom. The zero-order valence-corrected chi connectivity index (χ0v) is 5.63. The second-order valence-electron chi connectivity index (χ2n) is 1.97. The highest BCUT2D eigenvalue weighted by Crippen LogP contribution is 1.92. The van der Waals surface area contributed by atoms with Gasteiger partial charge >= 0.3 is 0 Å². The van der Waals surface area contributed by atoms with Crippen LogP contribution in [-0.4, -0.2) is 16.0 Å². The predicted octanol–water partition coefficient (Wildman–Crippen LogP) is 0.0691. The summed E-state index contributed by atoms with van der Waals surface area (Å²) < 4.78 is 0. The molecule has 0 aliphatic carbocycles. The summed E-state index contributed by atoms with van der Waals surface area (Å²) in [5.41, 5.74) is 6.39. The van der Waals surface area contributed by atoms with E-state index in [-0.39, 0.29) is 5.84 Å². The second-order valence-corrected chi connectivity index (χ2v) is 1.97. The molecule has 0 aliphatic heterocycles. The summed E-state index contributed by atoms with van der Waals surface area (Å²) in [5, 5.41) is 14.4. The topological polar surface area (TPSA) is 75.7 Å². The SMILES string of the molecule is Cc1ccc(C(=N)N)nn1. The Hall–Kier alpha value is -1.45. The van der Waals surface area contributed by atoms with E-state index < -0.39 is 0 Å². The van der Waals surface area contributed by atoms with Gasteiger partial charge in [0.05, 0.1) is 5.69 Å². The Morgan fingerprint density at radius 3 is 2.60 bits per heavy atom. The number of aromatic nitrogens is 2. The largest absolute Gasteiger partial charge is 0.382 e. The Morgan fingerprint density at radius 1 is 1.50 bits per heavy atom.